The SMILES string of the molecule is Fc1c(Br)cccc1-c1ccccc1-c1ccccc1. The molecule has 3 aromatic carbocycles. The van der Waals surface area contributed by atoms with E-state index in [1.807, 2.05) is 66.7 Å². The highest BCUT2D eigenvalue weighted by atomic mass is 79.9. The second-order valence-corrected chi connectivity index (χ2v) is 5.37. The largest absolute Gasteiger partial charge is 0.205 e. The Kier molecular flexibility index (Phi) is 3.66. The van der Waals surface area contributed by atoms with Crippen LogP contribution in [0.3, 0.4) is 0 Å². The van der Waals surface area contributed by atoms with E-state index in [2.05, 4.69) is 15.9 Å². The summed E-state index contributed by atoms with van der Waals surface area (Å²) in [6.07, 6.45) is 0. The minimum absolute atomic E-state index is 0.226. The highest BCUT2D eigenvalue weighted by Crippen LogP contribution is 2.35. The molecule has 0 radical (unpaired) electrons. The molecular formula is C18H12BrF. The standard InChI is InChI=1S/C18H12BrF/c19-17-12-6-11-16(18(17)20)15-10-5-4-9-14(15)13-7-2-1-3-8-13/h1-12H. The lowest BCUT2D eigenvalue weighted by molar-refractivity contribution is 0.625. The van der Waals surface area contributed by atoms with E-state index in [1.54, 1.807) is 6.07 Å². The second-order valence-electron chi connectivity index (χ2n) is 4.51. The zero-order valence-corrected chi connectivity index (χ0v) is 12.3. The third-order valence-corrected chi connectivity index (χ3v) is 3.87. The molecule has 0 aliphatic carbocycles. The number of hydrogen-bond acceptors (Lipinski definition) is 0. The Morgan fingerprint density at radius 1 is 0.600 bits per heavy atom. The van der Waals surface area contributed by atoms with Gasteiger partial charge in [-0.05, 0) is 38.7 Å². The van der Waals surface area contributed by atoms with E-state index in [0.29, 0.717) is 10.0 Å². The van der Waals surface area contributed by atoms with Gasteiger partial charge >= 0.3 is 0 Å². The normalized spacial score (nSPS) is 10.5. The summed E-state index contributed by atoms with van der Waals surface area (Å²) < 4.78 is 14.8. The van der Waals surface area contributed by atoms with Crippen LogP contribution in [0.15, 0.2) is 77.3 Å². The predicted octanol–water partition coefficient (Wildman–Crippen LogP) is 5.92. The number of hydrogen-bond donors (Lipinski definition) is 0. The maximum Gasteiger partial charge on any atom is 0.145 e. The summed E-state index contributed by atoms with van der Waals surface area (Å²) in [7, 11) is 0. The summed E-state index contributed by atoms with van der Waals surface area (Å²) in [6.45, 7) is 0. The van der Waals surface area contributed by atoms with Crippen molar-refractivity contribution in [3.05, 3.63) is 83.1 Å². The van der Waals surface area contributed by atoms with Crippen LogP contribution in [-0.4, -0.2) is 0 Å². The molecule has 0 fully saturated rings. The van der Waals surface area contributed by atoms with Crippen molar-refractivity contribution in [2.24, 2.45) is 0 Å². The molecule has 0 nitrogen and oxygen atoms in total. The Balaban J connectivity index is 2.23. The van der Waals surface area contributed by atoms with Crippen LogP contribution >= 0.6 is 15.9 Å². The van der Waals surface area contributed by atoms with Gasteiger partial charge in [-0.15, -0.1) is 0 Å². The minimum Gasteiger partial charge on any atom is -0.205 e. The molecule has 0 heterocycles. The molecule has 0 unspecified atom stereocenters. The van der Waals surface area contributed by atoms with Gasteiger partial charge in [0.1, 0.15) is 5.82 Å². The lowest BCUT2D eigenvalue weighted by atomic mass is 9.94. The van der Waals surface area contributed by atoms with Crippen molar-refractivity contribution < 1.29 is 4.39 Å². The van der Waals surface area contributed by atoms with E-state index in [1.165, 1.54) is 0 Å². The summed E-state index contributed by atoms with van der Waals surface area (Å²) in [5.41, 5.74) is 3.63. The van der Waals surface area contributed by atoms with Crippen molar-refractivity contribution in [1.82, 2.24) is 0 Å². The van der Waals surface area contributed by atoms with E-state index in [0.717, 1.165) is 16.7 Å². The molecule has 20 heavy (non-hydrogen) atoms. The van der Waals surface area contributed by atoms with E-state index in [9.17, 15) is 4.39 Å². The van der Waals surface area contributed by atoms with Gasteiger partial charge < -0.3 is 0 Å². The second kappa shape index (κ2) is 5.59. The molecule has 0 aliphatic heterocycles. The third kappa shape index (κ3) is 2.39. The summed E-state index contributed by atoms with van der Waals surface area (Å²) in [5, 5.41) is 0. The van der Waals surface area contributed by atoms with Crippen LogP contribution in [-0.2, 0) is 0 Å². The number of rotatable bonds is 2. The Morgan fingerprint density at radius 3 is 1.95 bits per heavy atom. The van der Waals surface area contributed by atoms with Crippen LogP contribution in [0.25, 0.3) is 22.3 Å². The minimum atomic E-state index is -0.226. The molecule has 3 aromatic rings. The Hall–Kier alpha value is -1.93. The number of benzene rings is 3. The van der Waals surface area contributed by atoms with Crippen LogP contribution in [0, 0.1) is 5.82 Å². The number of halogens is 2. The van der Waals surface area contributed by atoms with E-state index in [4.69, 9.17) is 0 Å². The van der Waals surface area contributed by atoms with Crippen LogP contribution < -0.4 is 0 Å². The fraction of sp³-hybridized carbons (Fsp3) is 0. The first-order valence-electron chi connectivity index (χ1n) is 6.36. The van der Waals surface area contributed by atoms with Gasteiger partial charge in [0.2, 0.25) is 0 Å². The lowest BCUT2D eigenvalue weighted by Crippen LogP contribution is -1.89. The van der Waals surface area contributed by atoms with Gasteiger partial charge in [-0.1, -0.05) is 66.7 Å². The summed E-state index contributed by atoms with van der Waals surface area (Å²) in [4.78, 5) is 0. The highest BCUT2D eigenvalue weighted by Gasteiger charge is 2.12. The zero-order valence-electron chi connectivity index (χ0n) is 10.7. The quantitative estimate of drug-likeness (QED) is 0.548. The van der Waals surface area contributed by atoms with Gasteiger partial charge in [-0.3, -0.25) is 0 Å². The van der Waals surface area contributed by atoms with E-state index in [-0.39, 0.29) is 5.82 Å². The average molecular weight is 327 g/mol. The molecule has 0 bridgehead atoms. The van der Waals surface area contributed by atoms with Crippen molar-refractivity contribution in [3.63, 3.8) is 0 Å². The topological polar surface area (TPSA) is 0 Å². The first kappa shape index (κ1) is 13.1. The summed E-state index contributed by atoms with van der Waals surface area (Å²) >= 11 is 3.25. The van der Waals surface area contributed by atoms with Crippen molar-refractivity contribution >= 4 is 15.9 Å². The average Bonchev–Trinajstić information content (AvgIpc) is 2.51. The molecule has 0 aromatic heterocycles. The van der Waals surface area contributed by atoms with Crippen molar-refractivity contribution in [2.45, 2.75) is 0 Å². The fourth-order valence-electron chi connectivity index (χ4n) is 2.30. The van der Waals surface area contributed by atoms with E-state index >= 15 is 0 Å². The van der Waals surface area contributed by atoms with Gasteiger partial charge in [0.15, 0.2) is 0 Å². The molecule has 3 rings (SSSR count). The smallest absolute Gasteiger partial charge is 0.145 e. The first-order chi connectivity index (χ1) is 9.77. The Bertz CT molecular complexity index is 735. The van der Waals surface area contributed by atoms with E-state index < -0.39 is 0 Å². The highest BCUT2D eigenvalue weighted by molar-refractivity contribution is 9.10. The summed E-state index contributed by atoms with van der Waals surface area (Å²) in [5.74, 6) is -0.226. The van der Waals surface area contributed by atoms with Crippen LogP contribution in [0.5, 0.6) is 0 Å². The van der Waals surface area contributed by atoms with Crippen LogP contribution in [0.4, 0.5) is 4.39 Å². The van der Waals surface area contributed by atoms with Crippen molar-refractivity contribution in [3.8, 4) is 22.3 Å². The Labute approximate surface area is 126 Å². The fourth-order valence-corrected chi connectivity index (χ4v) is 2.67. The van der Waals surface area contributed by atoms with Gasteiger partial charge in [0.05, 0.1) is 4.47 Å². The molecule has 2 heteroatoms. The molecule has 0 saturated heterocycles. The lowest BCUT2D eigenvalue weighted by Gasteiger charge is -2.11. The monoisotopic (exact) mass is 326 g/mol. The molecule has 0 saturated carbocycles. The van der Waals surface area contributed by atoms with Gasteiger partial charge in [0, 0.05) is 5.56 Å². The molecule has 0 amide bonds. The van der Waals surface area contributed by atoms with Crippen LogP contribution in [0.1, 0.15) is 0 Å². The van der Waals surface area contributed by atoms with Gasteiger partial charge in [-0.2, -0.15) is 0 Å². The summed E-state index contributed by atoms with van der Waals surface area (Å²) in [6, 6.07) is 23.3. The maximum atomic E-state index is 14.3. The molecule has 0 atom stereocenters. The predicted molar refractivity (Wildman–Crippen MR) is 85.0 cm³/mol. The maximum absolute atomic E-state index is 14.3. The molecule has 0 aliphatic rings. The molecule has 98 valence electrons. The molecule has 0 spiro atoms. The first-order valence-corrected chi connectivity index (χ1v) is 7.15. The molecular weight excluding hydrogens is 315 g/mol. The zero-order chi connectivity index (χ0) is 13.9. The van der Waals surface area contributed by atoms with Crippen molar-refractivity contribution in [1.29, 1.82) is 0 Å². The van der Waals surface area contributed by atoms with Gasteiger partial charge in [-0.25, -0.2) is 4.39 Å². The van der Waals surface area contributed by atoms with Crippen LogP contribution in [0.2, 0.25) is 0 Å². The van der Waals surface area contributed by atoms with Crippen molar-refractivity contribution in [2.75, 3.05) is 0 Å². The Morgan fingerprint density at radius 2 is 1.20 bits per heavy atom. The van der Waals surface area contributed by atoms with Gasteiger partial charge in [0.25, 0.3) is 0 Å². The molecule has 0 N–H and O–H groups in total. The third-order valence-electron chi connectivity index (χ3n) is 3.25.